The Balaban J connectivity index is 2.06. The lowest BCUT2D eigenvalue weighted by Gasteiger charge is -2.26. The molecular formula is C14H18N4O2. The number of rotatable bonds is 2. The van der Waals surface area contributed by atoms with Crippen LogP contribution in [0.2, 0.25) is 0 Å². The molecule has 2 heterocycles. The van der Waals surface area contributed by atoms with Crippen LogP contribution >= 0.6 is 0 Å². The molecule has 0 aromatic carbocycles. The highest BCUT2D eigenvalue weighted by molar-refractivity contribution is 5.80. The van der Waals surface area contributed by atoms with E-state index in [1.165, 1.54) is 0 Å². The second-order valence-corrected chi connectivity index (χ2v) is 5.81. The van der Waals surface area contributed by atoms with Gasteiger partial charge in [-0.3, -0.25) is 4.68 Å². The Morgan fingerprint density at radius 2 is 2.25 bits per heavy atom. The highest BCUT2D eigenvalue weighted by atomic mass is 16.4. The van der Waals surface area contributed by atoms with E-state index in [9.17, 15) is 15.2 Å². The molecule has 1 aliphatic carbocycles. The Morgan fingerprint density at radius 1 is 1.50 bits per heavy atom. The first kappa shape index (κ1) is 13.0. The normalized spacial score (nSPS) is 28.4. The van der Waals surface area contributed by atoms with Crippen molar-refractivity contribution in [3.8, 4) is 6.07 Å². The van der Waals surface area contributed by atoms with Crippen LogP contribution in [0.15, 0.2) is 0 Å². The van der Waals surface area contributed by atoms with E-state index in [1.54, 1.807) is 18.7 Å². The Labute approximate surface area is 117 Å². The molecule has 3 atom stereocenters. The van der Waals surface area contributed by atoms with Gasteiger partial charge in [-0.15, -0.1) is 0 Å². The summed E-state index contributed by atoms with van der Waals surface area (Å²) in [6.45, 7) is 2.50. The third kappa shape index (κ3) is 1.69. The van der Waals surface area contributed by atoms with Crippen molar-refractivity contribution >= 4 is 11.8 Å². The molecular weight excluding hydrogens is 256 g/mol. The SMILES string of the molecule is Cc1nn(C)c(N2CC3CCCC3C2C(=O)O)c1C#N. The highest BCUT2D eigenvalue weighted by Crippen LogP contribution is 2.44. The van der Waals surface area contributed by atoms with Gasteiger partial charge in [0.05, 0.1) is 5.69 Å². The zero-order valence-electron chi connectivity index (χ0n) is 11.7. The largest absolute Gasteiger partial charge is 0.480 e. The third-order valence-electron chi connectivity index (χ3n) is 4.72. The van der Waals surface area contributed by atoms with E-state index in [0.29, 0.717) is 23.0 Å². The molecule has 0 bridgehead atoms. The van der Waals surface area contributed by atoms with Crippen molar-refractivity contribution in [3.05, 3.63) is 11.3 Å². The molecule has 1 N–H and O–H groups in total. The van der Waals surface area contributed by atoms with Gasteiger partial charge in [0, 0.05) is 13.6 Å². The summed E-state index contributed by atoms with van der Waals surface area (Å²) in [7, 11) is 1.77. The van der Waals surface area contributed by atoms with Crippen LogP contribution in [0.5, 0.6) is 0 Å². The molecule has 1 saturated heterocycles. The predicted molar refractivity (Wildman–Crippen MR) is 72.3 cm³/mol. The van der Waals surface area contributed by atoms with Gasteiger partial charge in [-0.25, -0.2) is 4.79 Å². The summed E-state index contributed by atoms with van der Waals surface area (Å²) in [6, 6.07) is 1.65. The first-order valence-corrected chi connectivity index (χ1v) is 6.97. The second kappa shape index (κ2) is 4.51. The molecule has 3 unspecified atom stereocenters. The van der Waals surface area contributed by atoms with Gasteiger partial charge in [0.15, 0.2) is 0 Å². The Bertz CT molecular complexity index is 601. The van der Waals surface area contributed by atoms with E-state index in [1.807, 2.05) is 4.90 Å². The zero-order chi connectivity index (χ0) is 14.4. The molecule has 0 radical (unpaired) electrons. The maximum atomic E-state index is 11.7. The molecule has 106 valence electrons. The van der Waals surface area contributed by atoms with Gasteiger partial charge in [-0.2, -0.15) is 10.4 Å². The first-order chi connectivity index (χ1) is 9.54. The molecule has 1 aliphatic heterocycles. The number of fused-ring (bicyclic) bond motifs is 1. The summed E-state index contributed by atoms with van der Waals surface area (Å²) in [5, 5.41) is 23.2. The molecule has 3 rings (SSSR count). The summed E-state index contributed by atoms with van der Waals surface area (Å²) in [5.74, 6) is 0.501. The fourth-order valence-electron chi connectivity index (χ4n) is 3.95. The van der Waals surface area contributed by atoms with Crippen LogP contribution in [0.25, 0.3) is 0 Å². The van der Waals surface area contributed by atoms with Crippen LogP contribution in [-0.4, -0.2) is 33.4 Å². The molecule has 20 heavy (non-hydrogen) atoms. The van der Waals surface area contributed by atoms with Crippen LogP contribution in [0.1, 0.15) is 30.5 Å². The molecule has 6 heteroatoms. The van der Waals surface area contributed by atoms with E-state index in [4.69, 9.17) is 0 Å². The number of carbonyl (C=O) groups is 1. The maximum absolute atomic E-state index is 11.7. The number of aromatic nitrogens is 2. The van der Waals surface area contributed by atoms with Gasteiger partial charge in [-0.1, -0.05) is 6.42 Å². The van der Waals surface area contributed by atoms with Crippen molar-refractivity contribution < 1.29 is 9.90 Å². The standard InChI is InChI=1S/C14H18N4O2/c1-8-11(6-15)13(17(2)16-8)18-7-9-4-3-5-10(9)12(18)14(19)20/h9-10,12H,3-5,7H2,1-2H3,(H,19,20). The van der Waals surface area contributed by atoms with Gasteiger partial charge in [0.2, 0.25) is 0 Å². The zero-order valence-corrected chi connectivity index (χ0v) is 11.7. The van der Waals surface area contributed by atoms with Crippen molar-refractivity contribution in [3.63, 3.8) is 0 Å². The third-order valence-corrected chi connectivity index (χ3v) is 4.72. The molecule has 2 aliphatic rings. The van der Waals surface area contributed by atoms with E-state index >= 15 is 0 Å². The molecule has 2 fully saturated rings. The minimum Gasteiger partial charge on any atom is -0.480 e. The average molecular weight is 274 g/mol. The number of hydrogen-bond acceptors (Lipinski definition) is 4. The number of carboxylic acids is 1. The fourth-order valence-corrected chi connectivity index (χ4v) is 3.95. The summed E-state index contributed by atoms with van der Waals surface area (Å²) in [4.78, 5) is 13.6. The van der Waals surface area contributed by atoms with Gasteiger partial charge < -0.3 is 10.0 Å². The summed E-state index contributed by atoms with van der Waals surface area (Å²) in [5.41, 5.74) is 1.16. The van der Waals surface area contributed by atoms with E-state index < -0.39 is 12.0 Å². The molecule has 1 aromatic heterocycles. The topological polar surface area (TPSA) is 82.2 Å². The number of carboxylic acid groups (broad SMARTS) is 1. The van der Waals surface area contributed by atoms with E-state index in [-0.39, 0.29) is 5.92 Å². The number of aliphatic carboxylic acids is 1. The number of hydrogen-bond donors (Lipinski definition) is 1. The van der Waals surface area contributed by atoms with Crippen molar-refractivity contribution in [2.24, 2.45) is 18.9 Å². The highest BCUT2D eigenvalue weighted by Gasteiger charge is 2.49. The molecule has 1 aromatic rings. The first-order valence-electron chi connectivity index (χ1n) is 6.97. The minimum absolute atomic E-state index is 0.203. The van der Waals surface area contributed by atoms with Crippen molar-refractivity contribution in [2.45, 2.75) is 32.2 Å². The Hall–Kier alpha value is -2.03. The number of aryl methyl sites for hydroxylation is 2. The van der Waals surface area contributed by atoms with Crippen molar-refractivity contribution in [1.29, 1.82) is 5.26 Å². The lowest BCUT2D eigenvalue weighted by molar-refractivity contribution is -0.139. The molecule has 0 amide bonds. The number of nitriles is 1. The van der Waals surface area contributed by atoms with Crippen molar-refractivity contribution in [1.82, 2.24) is 9.78 Å². The Morgan fingerprint density at radius 3 is 2.90 bits per heavy atom. The van der Waals surface area contributed by atoms with Crippen LogP contribution < -0.4 is 4.90 Å². The maximum Gasteiger partial charge on any atom is 0.326 e. The monoisotopic (exact) mass is 274 g/mol. The van der Waals surface area contributed by atoms with E-state index in [0.717, 1.165) is 25.8 Å². The fraction of sp³-hybridized carbons (Fsp3) is 0.643. The minimum atomic E-state index is -0.790. The van der Waals surface area contributed by atoms with Gasteiger partial charge in [-0.05, 0) is 31.6 Å². The van der Waals surface area contributed by atoms with Gasteiger partial charge in [0.25, 0.3) is 0 Å². The smallest absolute Gasteiger partial charge is 0.326 e. The van der Waals surface area contributed by atoms with Crippen molar-refractivity contribution in [2.75, 3.05) is 11.4 Å². The van der Waals surface area contributed by atoms with Gasteiger partial charge in [0.1, 0.15) is 23.5 Å². The Kier molecular flexibility index (Phi) is 2.93. The molecule has 6 nitrogen and oxygen atoms in total. The summed E-state index contributed by atoms with van der Waals surface area (Å²) < 4.78 is 1.64. The summed E-state index contributed by atoms with van der Waals surface area (Å²) in [6.07, 6.45) is 3.17. The van der Waals surface area contributed by atoms with E-state index in [2.05, 4.69) is 11.2 Å². The molecule has 0 spiro atoms. The number of nitrogens with zero attached hydrogens (tertiary/aromatic N) is 4. The number of anilines is 1. The van der Waals surface area contributed by atoms with Crippen LogP contribution in [0.3, 0.4) is 0 Å². The predicted octanol–water partition coefficient (Wildman–Crippen LogP) is 1.29. The second-order valence-electron chi connectivity index (χ2n) is 5.81. The summed E-state index contributed by atoms with van der Waals surface area (Å²) >= 11 is 0. The molecule has 1 saturated carbocycles. The van der Waals surface area contributed by atoms with Gasteiger partial charge >= 0.3 is 5.97 Å². The quantitative estimate of drug-likeness (QED) is 0.878. The van der Waals surface area contributed by atoms with Crippen LogP contribution in [0, 0.1) is 30.1 Å². The van der Waals surface area contributed by atoms with Crippen LogP contribution in [0.4, 0.5) is 5.82 Å². The lowest BCUT2D eigenvalue weighted by atomic mass is 9.94. The lowest BCUT2D eigenvalue weighted by Crippen LogP contribution is -2.41. The van der Waals surface area contributed by atoms with Crippen LogP contribution in [-0.2, 0) is 11.8 Å². The average Bonchev–Trinajstić information content (AvgIpc) is 2.99.